The molecular weight excluding hydrogens is 336 g/mol. The van der Waals surface area contributed by atoms with Gasteiger partial charge in [0.05, 0.1) is 6.54 Å². The van der Waals surface area contributed by atoms with Gasteiger partial charge in [0.15, 0.2) is 0 Å². The van der Waals surface area contributed by atoms with Crippen LogP contribution in [0.5, 0.6) is 0 Å². The second-order valence-electron chi connectivity index (χ2n) is 5.47. The van der Waals surface area contributed by atoms with Crippen molar-refractivity contribution in [2.45, 2.75) is 11.4 Å². The number of barbiturate groups is 1. The van der Waals surface area contributed by atoms with Crippen LogP contribution in [0.15, 0.2) is 65.1 Å². The van der Waals surface area contributed by atoms with Crippen molar-refractivity contribution in [2.75, 3.05) is 6.26 Å². The van der Waals surface area contributed by atoms with E-state index in [-0.39, 0.29) is 12.1 Å². The molecule has 126 valence electrons. The van der Waals surface area contributed by atoms with Gasteiger partial charge in [-0.05, 0) is 35.6 Å². The number of benzene rings is 2. The third-order valence-corrected chi connectivity index (χ3v) is 4.54. The summed E-state index contributed by atoms with van der Waals surface area (Å²) in [4.78, 5) is 38.9. The zero-order chi connectivity index (χ0) is 17.8. The number of nitrogens with zero attached hydrogens (tertiary/aromatic N) is 1. The lowest BCUT2D eigenvalue weighted by molar-refractivity contribution is -0.130. The number of hydrogen-bond donors (Lipinski definition) is 1. The van der Waals surface area contributed by atoms with Gasteiger partial charge in [0, 0.05) is 4.90 Å². The van der Waals surface area contributed by atoms with E-state index in [2.05, 4.69) is 5.32 Å². The molecule has 0 spiro atoms. The molecule has 5 nitrogen and oxygen atoms in total. The highest BCUT2D eigenvalue weighted by Gasteiger charge is 2.35. The molecule has 25 heavy (non-hydrogen) atoms. The number of carbonyl (C=O) groups is 3. The molecule has 1 saturated heterocycles. The number of hydrogen-bond acceptors (Lipinski definition) is 4. The van der Waals surface area contributed by atoms with Crippen LogP contribution in [0.1, 0.15) is 11.1 Å². The van der Waals surface area contributed by atoms with Crippen molar-refractivity contribution < 1.29 is 14.4 Å². The number of urea groups is 1. The van der Waals surface area contributed by atoms with E-state index in [1.807, 2.05) is 60.9 Å². The number of amides is 4. The summed E-state index contributed by atoms with van der Waals surface area (Å²) in [5, 5.41) is 2.23. The van der Waals surface area contributed by atoms with Crippen molar-refractivity contribution in [3.8, 4) is 0 Å². The summed E-state index contributed by atoms with van der Waals surface area (Å²) in [6, 6.07) is 15.9. The summed E-state index contributed by atoms with van der Waals surface area (Å²) in [5.41, 5.74) is 1.49. The van der Waals surface area contributed by atoms with E-state index < -0.39 is 17.8 Å². The van der Waals surface area contributed by atoms with Crippen molar-refractivity contribution in [1.82, 2.24) is 10.2 Å². The zero-order valence-corrected chi connectivity index (χ0v) is 14.4. The average molecular weight is 352 g/mol. The van der Waals surface area contributed by atoms with Gasteiger partial charge in [0.1, 0.15) is 5.57 Å². The molecule has 0 unspecified atom stereocenters. The van der Waals surface area contributed by atoms with E-state index in [4.69, 9.17) is 0 Å². The van der Waals surface area contributed by atoms with E-state index in [9.17, 15) is 14.4 Å². The summed E-state index contributed by atoms with van der Waals surface area (Å²) in [6.45, 7) is 0.113. The van der Waals surface area contributed by atoms with Gasteiger partial charge in [0.2, 0.25) is 0 Å². The van der Waals surface area contributed by atoms with Crippen LogP contribution in [0, 0.1) is 0 Å². The van der Waals surface area contributed by atoms with Crippen LogP contribution >= 0.6 is 11.8 Å². The van der Waals surface area contributed by atoms with Crippen LogP contribution in [0.2, 0.25) is 0 Å². The van der Waals surface area contributed by atoms with E-state index >= 15 is 0 Å². The summed E-state index contributed by atoms with van der Waals surface area (Å²) in [5.74, 6) is -1.26. The van der Waals surface area contributed by atoms with Gasteiger partial charge in [-0.25, -0.2) is 4.79 Å². The van der Waals surface area contributed by atoms with Crippen LogP contribution in [0.4, 0.5) is 4.79 Å². The van der Waals surface area contributed by atoms with E-state index in [0.29, 0.717) is 0 Å². The van der Waals surface area contributed by atoms with Crippen molar-refractivity contribution >= 4 is 35.7 Å². The molecule has 1 fully saturated rings. The predicted octanol–water partition coefficient (Wildman–Crippen LogP) is 3.07. The molecule has 4 amide bonds. The molecule has 0 bridgehead atoms. The molecule has 0 aromatic heterocycles. The number of carbonyl (C=O) groups excluding carboxylic acids is 3. The second kappa shape index (κ2) is 7.36. The average Bonchev–Trinajstić information content (AvgIpc) is 2.63. The van der Waals surface area contributed by atoms with Gasteiger partial charge in [-0.1, -0.05) is 42.5 Å². The number of rotatable bonds is 4. The fourth-order valence-corrected chi connectivity index (χ4v) is 2.88. The molecule has 0 atom stereocenters. The Labute approximate surface area is 149 Å². The van der Waals surface area contributed by atoms with Crippen molar-refractivity contribution in [1.29, 1.82) is 0 Å². The monoisotopic (exact) mass is 352 g/mol. The minimum absolute atomic E-state index is 0.0487. The first-order valence-corrected chi connectivity index (χ1v) is 8.88. The van der Waals surface area contributed by atoms with Gasteiger partial charge < -0.3 is 0 Å². The number of nitrogens with one attached hydrogen (secondary N) is 1. The van der Waals surface area contributed by atoms with Crippen LogP contribution in [0.25, 0.3) is 6.08 Å². The third kappa shape index (κ3) is 3.80. The SMILES string of the molecule is CSc1ccc(/C=C2/C(=O)NC(=O)N(Cc3ccccc3)C2=O)cc1. The van der Waals surface area contributed by atoms with Crippen molar-refractivity contribution in [3.63, 3.8) is 0 Å². The lowest BCUT2D eigenvalue weighted by atomic mass is 10.1. The molecule has 0 radical (unpaired) electrons. The normalized spacial score (nSPS) is 16.3. The fraction of sp³-hybridized carbons (Fsp3) is 0.105. The molecule has 2 aromatic carbocycles. The Morgan fingerprint density at radius 2 is 1.68 bits per heavy atom. The summed E-state index contributed by atoms with van der Waals surface area (Å²) in [7, 11) is 0. The fourth-order valence-electron chi connectivity index (χ4n) is 2.47. The largest absolute Gasteiger partial charge is 0.331 e. The van der Waals surface area contributed by atoms with Gasteiger partial charge in [-0.3, -0.25) is 19.8 Å². The molecule has 1 heterocycles. The minimum atomic E-state index is -0.700. The lowest BCUT2D eigenvalue weighted by Gasteiger charge is -2.26. The smallest absolute Gasteiger partial charge is 0.273 e. The Hall–Kier alpha value is -2.86. The summed E-state index contributed by atoms with van der Waals surface area (Å²) < 4.78 is 0. The topological polar surface area (TPSA) is 66.5 Å². The molecule has 2 aromatic rings. The van der Waals surface area contributed by atoms with Crippen LogP contribution in [-0.4, -0.2) is 29.0 Å². The van der Waals surface area contributed by atoms with Gasteiger partial charge in [-0.2, -0.15) is 0 Å². The number of thioether (sulfide) groups is 1. The second-order valence-corrected chi connectivity index (χ2v) is 6.35. The highest BCUT2D eigenvalue weighted by molar-refractivity contribution is 7.98. The molecule has 1 aliphatic rings. The Kier molecular flexibility index (Phi) is 5.00. The summed E-state index contributed by atoms with van der Waals surface area (Å²) >= 11 is 1.61. The summed E-state index contributed by atoms with van der Waals surface area (Å²) in [6.07, 6.45) is 3.48. The third-order valence-electron chi connectivity index (χ3n) is 3.80. The number of imide groups is 2. The minimum Gasteiger partial charge on any atom is -0.273 e. The highest BCUT2D eigenvalue weighted by Crippen LogP contribution is 2.19. The van der Waals surface area contributed by atoms with Crippen LogP contribution in [0.3, 0.4) is 0 Å². The Morgan fingerprint density at radius 3 is 2.32 bits per heavy atom. The quantitative estimate of drug-likeness (QED) is 0.522. The molecule has 3 rings (SSSR count). The molecule has 0 saturated carbocycles. The van der Waals surface area contributed by atoms with Gasteiger partial charge >= 0.3 is 6.03 Å². The Balaban J connectivity index is 1.87. The standard InChI is InChI=1S/C19H16N2O3S/c1-25-15-9-7-13(8-10-15)11-16-17(22)20-19(24)21(18(16)23)12-14-5-3-2-4-6-14/h2-11H,12H2,1H3,(H,20,22,24)/b16-11-. The maximum absolute atomic E-state index is 12.7. The highest BCUT2D eigenvalue weighted by atomic mass is 32.2. The maximum atomic E-state index is 12.7. The van der Waals surface area contributed by atoms with Gasteiger partial charge in [0.25, 0.3) is 11.8 Å². The van der Waals surface area contributed by atoms with E-state index in [0.717, 1.165) is 20.9 Å². The van der Waals surface area contributed by atoms with Gasteiger partial charge in [-0.15, -0.1) is 11.8 Å². The Morgan fingerprint density at radius 1 is 1.00 bits per heavy atom. The molecule has 1 N–H and O–H groups in total. The molecule has 6 heteroatoms. The first kappa shape index (κ1) is 17.0. The maximum Gasteiger partial charge on any atom is 0.331 e. The van der Waals surface area contributed by atoms with Crippen molar-refractivity contribution in [2.24, 2.45) is 0 Å². The first-order valence-electron chi connectivity index (χ1n) is 7.65. The molecule has 1 aliphatic heterocycles. The van der Waals surface area contributed by atoms with Crippen LogP contribution < -0.4 is 5.32 Å². The molecule has 0 aliphatic carbocycles. The Bertz CT molecular complexity index is 845. The predicted molar refractivity (Wildman–Crippen MR) is 96.7 cm³/mol. The van der Waals surface area contributed by atoms with Crippen molar-refractivity contribution in [3.05, 3.63) is 71.3 Å². The van der Waals surface area contributed by atoms with E-state index in [1.54, 1.807) is 11.8 Å². The van der Waals surface area contributed by atoms with Crippen LogP contribution in [-0.2, 0) is 16.1 Å². The zero-order valence-electron chi connectivity index (χ0n) is 13.6. The lowest BCUT2D eigenvalue weighted by Crippen LogP contribution is -2.53. The molecular formula is C19H16N2O3S. The first-order chi connectivity index (χ1) is 12.1. The van der Waals surface area contributed by atoms with E-state index in [1.165, 1.54) is 6.08 Å².